The number of benzene rings is 1. The van der Waals surface area contributed by atoms with Crippen molar-refractivity contribution in [3.05, 3.63) is 60.4 Å². The molecule has 2 heterocycles. The molecule has 3 rings (SSSR count). The molecule has 8 heteroatoms. The molecule has 1 aliphatic rings. The maximum absolute atomic E-state index is 13.0. The predicted octanol–water partition coefficient (Wildman–Crippen LogP) is 2.14. The number of anilines is 1. The third-order valence-corrected chi connectivity index (χ3v) is 5.54. The molecule has 7 nitrogen and oxygen atoms in total. The van der Waals surface area contributed by atoms with Gasteiger partial charge >= 0.3 is 0 Å². The van der Waals surface area contributed by atoms with E-state index in [2.05, 4.69) is 10.3 Å². The van der Waals surface area contributed by atoms with Gasteiger partial charge in [-0.3, -0.25) is 19.4 Å². The molecule has 0 bridgehead atoms. The van der Waals surface area contributed by atoms with Crippen molar-refractivity contribution in [3.63, 3.8) is 0 Å². The normalized spacial score (nSPS) is 16.7. The summed E-state index contributed by atoms with van der Waals surface area (Å²) in [6, 6.07) is 12.4. The highest BCUT2D eigenvalue weighted by atomic mass is 35.5. The van der Waals surface area contributed by atoms with E-state index in [1.165, 1.54) is 6.20 Å². The molecule has 3 N–H and O–H groups in total. The highest BCUT2D eigenvalue weighted by Crippen LogP contribution is 2.28. The molecule has 2 atom stereocenters. The summed E-state index contributed by atoms with van der Waals surface area (Å²) < 4.78 is 0. The third kappa shape index (κ3) is 5.12. The van der Waals surface area contributed by atoms with Crippen LogP contribution in [0, 0.1) is 5.92 Å². The third-order valence-electron chi connectivity index (χ3n) is 5.10. The molecule has 1 saturated heterocycles. The van der Waals surface area contributed by atoms with E-state index in [1.807, 2.05) is 6.07 Å². The summed E-state index contributed by atoms with van der Waals surface area (Å²) in [6.07, 6.45) is 4.13. The van der Waals surface area contributed by atoms with Crippen LogP contribution in [0.3, 0.4) is 0 Å². The maximum atomic E-state index is 13.0. The molecule has 2 unspecified atom stereocenters. The average molecular weight is 415 g/mol. The van der Waals surface area contributed by atoms with E-state index in [0.29, 0.717) is 37.2 Å². The molecule has 1 aromatic heterocycles. The number of rotatable bonds is 6. The summed E-state index contributed by atoms with van der Waals surface area (Å²) in [5.74, 6) is -2.22. The number of hydrogen-bond donors (Lipinski definition) is 2. The minimum atomic E-state index is -1.10. The minimum Gasteiger partial charge on any atom is -0.369 e. The maximum Gasteiger partial charge on any atom is 0.241 e. The summed E-state index contributed by atoms with van der Waals surface area (Å²) in [5.41, 5.74) is 6.53. The number of likely N-dealkylation sites (tertiary alicyclic amines) is 1. The van der Waals surface area contributed by atoms with Crippen LogP contribution in [0.1, 0.15) is 24.3 Å². The fourth-order valence-corrected chi connectivity index (χ4v) is 3.85. The Kier molecular flexibility index (Phi) is 6.82. The average Bonchev–Trinajstić information content (AvgIpc) is 2.75. The van der Waals surface area contributed by atoms with Crippen molar-refractivity contribution in [2.75, 3.05) is 18.4 Å². The smallest absolute Gasteiger partial charge is 0.241 e. The predicted molar refractivity (Wildman–Crippen MR) is 110 cm³/mol. The van der Waals surface area contributed by atoms with Gasteiger partial charge < -0.3 is 16.0 Å². The van der Waals surface area contributed by atoms with E-state index >= 15 is 0 Å². The number of halogens is 1. The van der Waals surface area contributed by atoms with Crippen LogP contribution >= 0.6 is 11.6 Å². The van der Waals surface area contributed by atoms with Crippen molar-refractivity contribution < 1.29 is 14.4 Å². The fourth-order valence-electron chi connectivity index (χ4n) is 3.46. The topological polar surface area (TPSA) is 105 Å². The van der Waals surface area contributed by atoms with Gasteiger partial charge in [-0.25, -0.2) is 0 Å². The molecule has 1 aliphatic heterocycles. The lowest BCUT2D eigenvalue weighted by molar-refractivity contribution is -0.136. The second kappa shape index (κ2) is 9.52. The molecule has 3 amide bonds. The Balaban J connectivity index is 1.77. The van der Waals surface area contributed by atoms with Crippen LogP contribution < -0.4 is 11.1 Å². The number of pyridine rings is 1. The number of alkyl halides is 1. The van der Waals surface area contributed by atoms with Crippen LogP contribution in [0.25, 0.3) is 0 Å². The number of para-hydroxylation sites is 1. The highest BCUT2D eigenvalue weighted by molar-refractivity contribution is 6.33. The Morgan fingerprint density at radius 2 is 1.79 bits per heavy atom. The van der Waals surface area contributed by atoms with Gasteiger partial charge in [0.15, 0.2) is 0 Å². The van der Waals surface area contributed by atoms with Gasteiger partial charge in [0.05, 0.1) is 5.92 Å². The molecule has 1 aromatic carbocycles. The lowest BCUT2D eigenvalue weighted by Gasteiger charge is -2.33. The summed E-state index contributed by atoms with van der Waals surface area (Å²) in [6.45, 7) is 0.769. The first-order valence-electron chi connectivity index (χ1n) is 9.45. The molecule has 1 fully saturated rings. The van der Waals surface area contributed by atoms with Crippen LogP contribution in [0.4, 0.5) is 5.69 Å². The number of hydrogen-bond acceptors (Lipinski definition) is 4. The number of nitrogens with one attached hydrogen (secondary N) is 1. The van der Waals surface area contributed by atoms with Crippen molar-refractivity contribution in [1.29, 1.82) is 0 Å². The number of nitrogens with two attached hydrogens (primary N) is 1. The molecule has 0 spiro atoms. The Bertz CT molecular complexity index is 855. The summed E-state index contributed by atoms with van der Waals surface area (Å²) >= 11 is 6.55. The highest BCUT2D eigenvalue weighted by Gasteiger charge is 2.37. The standard InChI is InChI=1S/C21H23ClN4O3/c22-18(21(29)26-11-8-14(9-12-26)19(23)27)17(15-5-4-10-24-13-15)20(28)25-16-6-2-1-3-7-16/h1-7,10,13-14,17-18H,8-9,11-12H2,(H2,23,27)(H,25,28). The Labute approximate surface area is 174 Å². The van der Waals surface area contributed by atoms with E-state index in [9.17, 15) is 14.4 Å². The van der Waals surface area contributed by atoms with Crippen LogP contribution in [-0.2, 0) is 14.4 Å². The monoisotopic (exact) mass is 414 g/mol. The van der Waals surface area contributed by atoms with Gasteiger partial charge in [-0.2, -0.15) is 0 Å². The van der Waals surface area contributed by atoms with Crippen molar-refractivity contribution >= 4 is 35.0 Å². The molecule has 29 heavy (non-hydrogen) atoms. The number of nitrogens with zero attached hydrogens (tertiary/aromatic N) is 2. The van der Waals surface area contributed by atoms with E-state index in [-0.39, 0.29) is 23.6 Å². The van der Waals surface area contributed by atoms with Gasteiger partial charge in [0.25, 0.3) is 0 Å². The minimum absolute atomic E-state index is 0.233. The number of aromatic nitrogens is 1. The Morgan fingerprint density at radius 3 is 2.38 bits per heavy atom. The van der Waals surface area contributed by atoms with E-state index in [1.54, 1.807) is 47.5 Å². The largest absolute Gasteiger partial charge is 0.369 e. The number of piperidine rings is 1. The molecule has 0 radical (unpaired) electrons. The molecule has 0 saturated carbocycles. The van der Waals surface area contributed by atoms with Crippen LogP contribution in [0.2, 0.25) is 0 Å². The SMILES string of the molecule is NC(=O)C1CCN(C(=O)C(Cl)C(C(=O)Nc2ccccc2)c2cccnc2)CC1. The van der Waals surface area contributed by atoms with Gasteiger partial charge in [0, 0.05) is 37.1 Å². The zero-order chi connectivity index (χ0) is 20.8. The van der Waals surface area contributed by atoms with Crippen molar-refractivity contribution in [3.8, 4) is 0 Å². The molecule has 2 aromatic rings. The van der Waals surface area contributed by atoms with Gasteiger partial charge in [0.1, 0.15) is 5.38 Å². The van der Waals surface area contributed by atoms with Gasteiger partial charge in [-0.15, -0.1) is 11.6 Å². The second-order valence-corrected chi connectivity index (χ2v) is 7.49. The summed E-state index contributed by atoms with van der Waals surface area (Å²) in [4.78, 5) is 43.1. The van der Waals surface area contributed by atoms with Gasteiger partial charge in [0.2, 0.25) is 17.7 Å². The Hall–Kier alpha value is -2.93. The molecule has 152 valence electrons. The van der Waals surface area contributed by atoms with Crippen LogP contribution in [0.5, 0.6) is 0 Å². The number of carbonyl (C=O) groups is 3. The van der Waals surface area contributed by atoms with Crippen LogP contribution in [0.15, 0.2) is 54.9 Å². The zero-order valence-electron chi connectivity index (χ0n) is 15.8. The molecular weight excluding hydrogens is 392 g/mol. The quantitative estimate of drug-likeness (QED) is 0.706. The van der Waals surface area contributed by atoms with Gasteiger partial charge in [-0.05, 0) is 36.6 Å². The molecular formula is C21H23ClN4O3. The first kappa shape index (κ1) is 20.8. The lowest BCUT2D eigenvalue weighted by Crippen LogP contribution is -2.47. The Morgan fingerprint density at radius 1 is 1.10 bits per heavy atom. The van der Waals surface area contributed by atoms with E-state index in [0.717, 1.165) is 0 Å². The zero-order valence-corrected chi connectivity index (χ0v) is 16.6. The van der Waals surface area contributed by atoms with Crippen molar-refractivity contribution in [1.82, 2.24) is 9.88 Å². The fraction of sp³-hybridized carbons (Fsp3) is 0.333. The lowest BCUT2D eigenvalue weighted by atomic mass is 9.92. The van der Waals surface area contributed by atoms with E-state index in [4.69, 9.17) is 17.3 Å². The number of primary amides is 1. The van der Waals surface area contributed by atoms with Crippen molar-refractivity contribution in [2.24, 2.45) is 11.7 Å². The first-order valence-corrected chi connectivity index (χ1v) is 9.89. The second-order valence-electron chi connectivity index (χ2n) is 7.02. The van der Waals surface area contributed by atoms with Crippen LogP contribution in [-0.4, -0.2) is 46.1 Å². The van der Waals surface area contributed by atoms with Gasteiger partial charge in [-0.1, -0.05) is 24.3 Å². The summed E-state index contributed by atoms with van der Waals surface area (Å²) in [5, 5.41) is 1.71. The number of carbonyl (C=O) groups excluding carboxylic acids is 3. The van der Waals surface area contributed by atoms with E-state index < -0.39 is 11.3 Å². The summed E-state index contributed by atoms with van der Waals surface area (Å²) in [7, 11) is 0. The number of amides is 3. The van der Waals surface area contributed by atoms with Crippen molar-refractivity contribution in [2.45, 2.75) is 24.1 Å². The first-order chi connectivity index (χ1) is 14.0. The molecule has 0 aliphatic carbocycles.